The number of rotatable bonds is 1. The van der Waals surface area contributed by atoms with Crippen LogP contribution in [0.25, 0.3) is 0 Å². The Hall–Kier alpha value is -0.390. The maximum Gasteiger partial charge on any atom is 0.152 e. The molecular formula is C10H15NO2S2. The summed E-state index contributed by atoms with van der Waals surface area (Å²) in [5.74, 6) is 0.563. The normalized spacial score (nSPS) is 26.1. The molecule has 1 unspecified atom stereocenters. The first kappa shape index (κ1) is 11.1. The summed E-state index contributed by atoms with van der Waals surface area (Å²) in [6.45, 7) is 2.83. The Morgan fingerprint density at radius 2 is 2.27 bits per heavy atom. The molecule has 0 saturated carbocycles. The Morgan fingerprint density at radius 3 is 2.93 bits per heavy atom. The lowest BCUT2D eigenvalue weighted by atomic mass is 10.2. The molecule has 0 radical (unpaired) electrons. The van der Waals surface area contributed by atoms with Gasteiger partial charge in [0.15, 0.2) is 9.84 Å². The first-order valence-corrected chi connectivity index (χ1v) is 7.71. The summed E-state index contributed by atoms with van der Waals surface area (Å²) in [6.07, 6.45) is 0.725. The molecule has 1 atom stereocenters. The highest BCUT2D eigenvalue weighted by molar-refractivity contribution is 7.91. The van der Waals surface area contributed by atoms with Crippen LogP contribution < -0.4 is 5.32 Å². The van der Waals surface area contributed by atoms with Crippen LogP contribution in [0.2, 0.25) is 0 Å². The van der Waals surface area contributed by atoms with Gasteiger partial charge in [0.1, 0.15) is 0 Å². The zero-order chi connectivity index (χ0) is 10.9. The second kappa shape index (κ2) is 4.23. The molecule has 1 fully saturated rings. The summed E-state index contributed by atoms with van der Waals surface area (Å²) in [7, 11) is -2.86. The summed E-state index contributed by atoms with van der Waals surface area (Å²) < 4.78 is 23.3. The summed E-state index contributed by atoms with van der Waals surface area (Å²) in [5.41, 5.74) is 0. The molecule has 1 aliphatic heterocycles. The van der Waals surface area contributed by atoms with E-state index in [0.29, 0.717) is 5.75 Å². The number of thiophene rings is 1. The molecule has 5 heteroatoms. The van der Waals surface area contributed by atoms with Gasteiger partial charge in [-0.05, 0) is 32.0 Å². The van der Waals surface area contributed by atoms with Gasteiger partial charge in [0.2, 0.25) is 0 Å². The van der Waals surface area contributed by atoms with E-state index in [2.05, 4.69) is 5.32 Å². The highest BCUT2D eigenvalue weighted by Gasteiger charge is 2.24. The van der Waals surface area contributed by atoms with Crippen molar-refractivity contribution < 1.29 is 8.42 Å². The molecule has 1 aromatic heterocycles. The van der Waals surface area contributed by atoms with Crippen LogP contribution >= 0.6 is 11.3 Å². The Labute approximate surface area is 94.4 Å². The third kappa shape index (κ3) is 2.80. The van der Waals surface area contributed by atoms with Crippen molar-refractivity contribution in [1.82, 2.24) is 5.32 Å². The van der Waals surface area contributed by atoms with E-state index in [1.807, 2.05) is 19.1 Å². The minimum Gasteiger partial charge on any atom is -0.308 e. The largest absolute Gasteiger partial charge is 0.308 e. The fourth-order valence-corrected chi connectivity index (χ4v) is 4.40. The first-order valence-electron chi connectivity index (χ1n) is 5.07. The van der Waals surface area contributed by atoms with Crippen molar-refractivity contribution in [1.29, 1.82) is 0 Å². The van der Waals surface area contributed by atoms with Crippen LogP contribution in [0.4, 0.5) is 0 Å². The third-order valence-corrected chi connectivity index (χ3v) is 5.41. The number of hydrogen-bond acceptors (Lipinski definition) is 4. The summed E-state index contributed by atoms with van der Waals surface area (Å²) in [5, 5.41) is 3.30. The van der Waals surface area contributed by atoms with Gasteiger partial charge in [0.25, 0.3) is 0 Å². The third-order valence-electron chi connectivity index (χ3n) is 2.55. The van der Waals surface area contributed by atoms with Gasteiger partial charge in [-0.25, -0.2) is 8.42 Å². The van der Waals surface area contributed by atoms with Gasteiger partial charge in [0.05, 0.1) is 17.5 Å². The van der Waals surface area contributed by atoms with E-state index in [9.17, 15) is 8.42 Å². The molecule has 1 aliphatic rings. The van der Waals surface area contributed by atoms with Crippen LogP contribution in [-0.2, 0) is 9.84 Å². The van der Waals surface area contributed by atoms with Gasteiger partial charge < -0.3 is 5.32 Å². The second-order valence-corrected chi connectivity index (χ2v) is 7.47. The minimum absolute atomic E-state index is 0.00352. The zero-order valence-electron chi connectivity index (χ0n) is 8.69. The number of sulfone groups is 1. The zero-order valence-corrected chi connectivity index (χ0v) is 10.3. The van der Waals surface area contributed by atoms with E-state index in [1.54, 1.807) is 11.3 Å². The van der Waals surface area contributed by atoms with Gasteiger partial charge in [0, 0.05) is 9.75 Å². The van der Waals surface area contributed by atoms with E-state index in [1.165, 1.54) is 4.88 Å². The van der Waals surface area contributed by atoms with E-state index >= 15 is 0 Å². The minimum atomic E-state index is -2.86. The molecule has 15 heavy (non-hydrogen) atoms. The number of aryl methyl sites for hydroxylation is 1. The summed E-state index contributed by atoms with van der Waals surface area (Å²) in [6, 6.07) is 4.06. The number of nitrogens with one attached hydrogen (secondary N) is 1. The highest BCUT2D eigenvalue weighted by atomic mass is 32.2. The Balaban J connectivity index is 2.21. The lowest BCUT2D eigenvalue weighted by molar-refractivity contribution is 0.577. The van der Waals surface area contributed by atoms with Crippen LogP contribution in [-0.4, -0.2) is 26.5 Å². The Morgan fingerprint density at radius 1 is 1.47 bits per heavy atom. The van der Waals surface area contributed by atoms with Gasteiger partial charge >= 0.3 is 0 Å². The number of hydrogen-bond donors (Lipinski definition) is 1. The topological polar surface area (TPSA) is 46.2 Å². The maximum absolute atomic E-state index is 11.6. The smallest absolute Gasteiger partial charge is 0.152 e. The average molecular weight is 245 g/mol. The SMILES string of the molecule is Cc1ccc(C2CS(=O)(=O)CCCN2)s1. The van der Waals surface area contributed by atoms with Crippen LogP contribution in [0.5, 0.6) is 0 Å². The van der Waals surface area contributed by atoms with Crippen molar-refractivity contribution in [2.45, 2.75) is 19.4 Å². The fourth-order valence-electron chi connectivity index (χ4n) is 1.79. The van der Waals surface area contributed by atoms with E-state index in [4.69, 9.17) is 0 Å². The molecule has 84 valence electrons. The molecule has 0 bridgehead atoms. The molecule has 1 aromatic rings. The average Bonchev–Trinajstić information content (AvgIpc) is 2.49. The molecule has 0 amide bonds. The fraction of sp³-hybridized carbons (Fsp3) is 0.600. The van der Waals surface area contributed by atoms with Gasteiger partial charge in [-0.15, -0.1) is 11.3 Å². The molecular weight excluding hydrogens is 230 g/mol. The quantitative estimate of drug-likeness (QED) is 0.815. The Kier molecular flexibility index (Phi) is 3.13. The maximum atomic E-state index is 11.6. The Bertz CT molecular complexity index is 436. The van der Waals surface area contributed by atoms with Gasteiger partial charge in [-0.3, -0.25) is 0 Å². The summed E-state index contributed by atoms with van der Waals surface area (Å²) >= 11 is 1.68. The first-order chi connectivity index (χ1) is 7.07. The summed E-state index contributed by atoms with van der Waals surface area (Å²) in [4.78, 5) is 2.37. The van der Waals surface area contributed by atoms with Crippen LogP contribution in [0.1, 0.15) is 22.2 Å². The van der Waals surface area contributed by atoms with E-state index in [-0.39, 0.29) is 11.8 Å². The molecule has 2 rings (SSSR count). The van der Waals surface area contributed by atoms with Crippen LogP contribution in [0.3, 0.4) is 0 Å². The standard InChI is InChI=1S/C10H15NO2S2/c1-8-3-4-10(14-8)9-7-15(12,13)6-2-5-11-9/h3-4,9,11H,2,5-7H2,1H3. The predicted octanol–water partition coefficient (Wildman–Crippen LogP) is 1.51. The van der Waals surface area contributed by atoms with E-state index < -0.39 is 9.84 Å². The van der Waals surface area contributed by atoms with Crippen molar-refractivity contribution in [2.75, 3.05) is 18.1 Å². The molecule has 2 heterocycles. The lowest BCUT2D eigenvalue weighted by Crippen LogP contribution is -2.24. The van der Waals surface area contributed by atoms with Crippen LogP contribution in [0.15, 0.2) is 12.1 Å². The van der Waals surface area contributed by atoms with Crippen molar-refractivity contribution in [3.05, 3.63) is 21.9 Å². The highest BCUT2D eigenvalue weighted by Crippen LogP contribution is 2.25. The molecule has 0 aromatic carbocycles. The molecule has 1 N–H and O–H groups in total. The van der Waals surface area contributed by atoms with E-state index in [0.717, 1.165) is 17.8 Å². The second-order valence-electron chi connectivity index (χ2n) is 3.92. The van der Waals surface area contributed by atoms with Crippen molar-refractivity contribution in [3.63, 3.8) is 0 Å². The van der Waals surface area contributed by atoms with Crippen molar-refractivity contribution in [2.24, 2.45) is 0 Å². The monoisotopic (exact) mass is 245 g/mol. The van der Waals surface area contributed by atoms with Crippen LogP contribution in [0, 0.1) is 6.92 Å². The van der Waals surface area contributed by atoms with Crippen molar-refractivity contribution in [3.8, 4) is 0 Å². The molecule has 0 aliphatic carbocycles. The molecule has 0 spiro atoms. The molecule has 1 saturated heterocycles. The van der Waals surface area contributed by atoms with Crippen molar-refractivity contribution >= 4 is 21.2 Å². The predicted molar refractivity (Wildman–Crippen MR) is 63.1 cm³/mol. The van der Waals surface area contributed by atoms with Gasteiger partial charge in [-0.2, -0.15) is 0 Å². The molecule has 3 nitrogen and oxygen atoms in total. The lowest BCUT2D eigenvalue weighted by Gasteiger charge is -2.12. The van der Waals surface area contributed by atoms with Gasteiger partial charge in [-0.1, -0.05) is 0 Å².